The zero-order valence-corrected chi connectivity index (χ0v) is 33.6. The molecule has 0 saturated carbocycles. The highest BCUT2D eigenvalue weighted by molar-refractivity contribution is 5.97. The van der Waals surface area contributed by atoms with E-state index in [1.54, 1.807) is 0 Å². The van der Waals surface area contributed by atoms with E-state index in [0.717, 1.165) is 0 Å². The summed E-state index contributed by atoms with van der Waals surface area (Å²) in [6.45, 7) is 0. The summed E-state index contributed by atoms with van der Waals surface area (Å²) < 4.78 is 0. The number of amides is 6. The van der Waals surface area contributed by atoms with E-state index in [0.29, 0.717) is 16.7 Å². The van der Waals surface area contributed by atoms with Crippen molar-refractivity contribution < 1.29 is 73.8 Å². The van der Waals surface area contributed by atoms with E-state index in [4.69, 9.17) is 16.6 Å². The molecule has 6 atom stereocenters. The Morgan fingerprint density at radius 2 is 0.794 bits per heavy atom. The van der Waals surface area contributed by atoms with Crippen LogP contribution in [0.3, 0.4) is 0 Å². The third-order valence-corrected chi connectivity index (χ3v) is 9.34. The Kier molecular flexibility index (Phi) is 18.8. The number of benzene rings is 3. The summed E-state index contributed by atoms with van der Waals surface area (Å²) in [6, 6.07) is 6.40. The zero-order chi connectivity index (χ0) is 46.8. The molecule has 0 bridgehead atoms. The topological polar surface area (TPSA) is 387 Å². The second-order valence-corrected chi connectivity index (χ2v) is 14.4. The largest absolute Gasteiger partial charge is 0.508 e. The highest BCUT2D eigenvalue weighted by Gasteiger charge is 2.34. The molecule has 3 aromatic rings. The first kappa shape index (κ1) is 49.6. The number of aliphatic carboxylic acids is 3. The number of primary amides is 1. The van der Waals surface area contributed by atoms with Gasteiger partial charge in [0.2, 0.25) is 35.4 Å². The van der Waals surface area contributed by atoms with Crippen molar-refractivity contribution in [2.24, 2.45) is 11.5 Å². The van der Waals surface area contributed by atoms with Gasteiger partial charge >= 0.3 is 17.9 Å². The summed E-state index contributed by atoms with van der Waals surface area (Å²) in [5.41, 5.74) is 12.2. The molecule has 0 aliphatic heterocycles. The Bertz CT molecular complexity index is 2120. The number of carboxylic acid groups (broad SMARTS) is 3. The van der Waals surface area contributed by atoms with Crippen LogP contribution in [0.15, 0.2) is 72.8 Å². The fourth-order valence-corrected chi connectivity index (χ4v) is 5.94. The summed E-state index contributed by atoms with van der Waals surface area (Å²) in [5, 5.41) is 69.5. The summed E-state index contributed by atoms with van der Waals surface area (Å²) in [4.78, 5) is 115. The lowest BCUT2D eigenvalue weighted by Crippen LogP contribution is -2.60. The Morgan fingerprint density at radius 3 is 1.17 bits per heavy atom. The van der Waals surface area contributed by atoms with E-state index in [1.807, 2.05) is 0 Å². The molecule has 0 aliphatic carbocycles. The molecule has 22 nitrogen and oxygen atoms in total. The van der Waals surface area contributed by atoms with Crippen molar-refractivity contribution in [3.05, 3.63) is 89.5 Å². The molecular weight excluding hydrogens is 830 g/mol. The molecule has 15 N–H and O–H groups in total. The first-order valence-corrected chi connectivity index (χ1v) is 19.3. The number of aromatic hydroxyl groups is 3. The van der Waals surface area contributed by atoms with E-state index in [2.05, 4.69) is 26.6 Å². The number of nitrogens with one attached hydrogen (secondary N) is 5. The molecule has 0 saturated heterocycles. The first-order chi connectivity index (χ1) is 29.7. The highest BCUT2D eigenvalue weighted by Crippen LogP contribution is 2.16. The van der Waals surface area contributed by atoms with E-state index in [-0.39, 0.29) is 49.4 Å². The van der Waals surface area contributed by atoms with Crippen molar-refractivity contribution in [2.75, 3.05) is 0 Å². The maximum atomic E-state index is 14.2. The van der Waals surface area contributed by atoms with Crippen LogP contribution < -0.4 is 38.1 Å². The van der Waals surface area contributed by atoms with Gasteiger partial charge in [-0.1, -0.05) is 36.4 Å². The number of carboxylic acids is 3. The Balaban J connectivity index is 1.96. The number of carbonyl (C=O) groups is 9. The van der Waals surface area contributed by atoms with Gasteiger partial charge in [0.15, 0.2) is 0 Å². The third kappa shape index (κ3) is 17.4. The first-order valence-electron chi connectivity index (χ1n) is 19.3. The molecule has 0 radical (unpaired) electrons. The molecule has 3 rings (SSSR count). The molecule has 338 valence electrons. The average Bonchev–Trinajstić information content (AvgIpc) is 3.22. The van der Waals surface area contributed by atoms with Crippen LogP contribution in [0, 0.1) is 0 Å². The molecule has 22 heteroatoms. The predicted molar refractivity (Wildman–Crippen MR) is 218 cm³/mol. The van der Waals surface area contributed by atoms with Crippen molar-refractivity contribution in [1.82, 2.24) is 26.6 Å². The molecule has 0 aliphatic rings. The average molecular weight is 880 g/mol. The van der Waals surface area contributed by atoms with Gasteiger partial charge in [0.1, 0.15) is 47.5 Å². The van der Waals surface area contributed by atoms with E-state index in [1.165, 1.54) is 72.8 Å². The summed E-state index contributed by atoms with van der Waals surface area (Å²) in [7, 11) is 0. The van der Waals surface area contributed by atoms with E-state index < -0.39 is 109 Å². The predicted octanol–water partition coefficient (Wildman–Crippen LogP) is -1.73. The van der Waals surface area contributed by atoms with Gasteiger partial charge in [-0.05, 0) is 65.9 Å². The molecule has 0 heterocycles. The normalized spacial score (nSPS) is 13.7. The van der Waals surface area contributed by atoms with Crippen LogP contribution in [0.1, 0.15) is 48.8 Å². The minimum Gasteiger partial charge on any atom is -0.508 e. The molecule has 0 fully saturated rings. The number of rotatable bonds is 25. The minimum atomic E-state index is -1.90. The van der Waals surface area contributed by atoms with Crippen LogP contribution in [-0.4, -0.2) is 120 Å². The maximum Gasteiger partial charge on any atom is 0.326 e. The second kappa shape index (κ2) is 23.9. The number of hydrogen-bond donors (Lipinski definition) is 13. The van der Waals surface area contributed by atoms with Gasteiger partial charge in [0, 0.05) is 32.1 Å². The van der Waals surface area contributed by atoms with Gasteiger partial charge in [0.25, 0.3) is 0 Å². The minimum absolute atomic E-state index is 0.105. The lowest BCUT2D eigenvalue weighted by molar-refractivity contribution is -0.143. The smallest absolute Gasteiger partial charge is 0.326 e. The van der Waals surface area contributed by atoms with Gasteiger partial charge in [-0.3, -0.25) is 38.4 Å². The second-order valence-electron chi connectivity index (χ2n) is 14.4. The fraction of sp³-hybridized carbons (Fsp3) is 0.341. The molecule has 0 aromatic heterocycles. The zero-order valence-electron chi connectivity index (χ0n) is 33.6. The van der Waals surface area contributed by atoms with Crippen molar-refractivity contribution in [3.8, 4) is 17.2 Å². The van der Waals surface area contributed by atoms with Crippen LogP contribution in [0.25, 0.3) is 0 Å². The molecule has 0 spiro atoms. The van der Waals surface area contributed by atoms with E-state index >= 15 is 0 Å². The summed E-state index contributed by atoms with van der Waals surface area (Å²) in [6.07, 6.45) is -3.62. The van der Waals surface area contributed by atoms with Crippen LogP contribution in [0.5, 0.6) is 17.2 Å². The number of phenolic OH excluding ortho intramolecular Hbond substituents is 3. The number of nitrogens with two attached hydrogens (primary N) is 2. The van der Waals surface area contributed by atoms with Crippen molar-refractivity contribution in [1.29, 1.82) is 0 Å². The third-order valence-electron chi connectivity index (χ3n) is 9.34. The molecule has 6 unspecified atom stereocenters. The quantitative estimate of drug-likeness (QED) is 0.0450. The van der Waals surface area contributed by atoms with Crippen LogP contribution in [0.2, 0.25) is 0 Å². The van der Waals surface area contributed by atoms with Gasteiger partial charge < -0.3 is 68.7 Å². The van der Waals surface area contributed by atoms with Crippen LogP contribution >= 0.6 is 0 Å². The molecule has 6 amide bonds. The Hall–Kier alpha value is -7.75. The lowest BCUT2D eigenvalue weighted by Gasteiger charge is -2.27. The molecular formula is C41H49N7O15. The number of phenols is 3. The summed E-state index contributed by atoms with van der Waals surface area (Å²) in [5.74, 6) is -11.0. The van der Waals surface area contributed by atoms with Crippen LogP contribution in [0.4, 0.5) is 0 Å². The molecule has 63 heavy (non-hydrogen) atoms. The van der Waals surface area contributed by atoms with Gasteiger partial charge in [-0.15, -0.1) is 0 Å². The fourth-order valence-electron chi connectivity index (χ4n) is 5.94. The van der Waals surface area contributed by atoms with Crippen molar-refractivity contribution in [3.63, 3.8) is 0 Å². The van der Waals surface area contributed by atoms with Crippen molar-refractivity contribution >= 4 is 53.4 Å². The van der Waals surface area contributed by atoms with Crippen LogP contribution in [-0.2, 0) is 62.4 Å². The summed E-state index contributed by atoms with van der Waals surface area (Å²) >= 11 is 0. The lowest BCUT2D eigenvalue weighted by atomic mass is 10.0. The monoisotopic (exact) mass is 879 g/mol. The SMILES string of the molecule is NC(=O)CCC(NC(=O)C(N)CCC(=O)O)C(=O)NC(Cc1ccc(O)cc1)C(=O)NC(Cc1ccc(O)cc1)C(=O)NC(CC(=O)O)C(=O)NC(Cc1ccc(O)cc1)C(=O)O. The number of hydrogen-bond acceptors (Lipinski definition) is 13. The van der Waals surface area contributed by atoms with Gasteiger partial charge in [0.05, 0.1) is 12.5 Å². The van der Waals surface area contributed by atoms with E-state index in [9.17, 15) is 68.7 Å². The highest BCUT2D eigenvalue weighted by atomic mass is 16.4. The Morgan fingerprint density at radius 1 is 0.444 bits per heavy atom. The van der Waals surface area contributed by atoms with Crippen molar-refractivity contribution in [2.45, 2.75) is 87.6 Å². The standard InChI is InChI=1S/C41H49N7O15/c42-27(13-16-34(53)54)36(57)44-28(14-15-33(43)52)37(58)45-29(17-21-1-7-24(49)8-2-21)38(59)46-30(18-22-3-9-25(50)10-4-22)39(60)47-31(20-35(55)56)40(61)48-32(41(62)63)19-23-5-11-26(51)12-6-23/h1-12,27-32,49-51H,13-20,42H2,(H2,43,52)(H,44,57)(H,45,58)(H,46,59)(H,47,60)(H,48,61)(H,53,54)(H,55,56)(H,62,63). The molecule has 3 aromatic carbocycles. The number of carbonyl (C=O) groups excluding carboxylic acids is 6. The maximum absolute atomic E-state index is 14.2. The van der Waals surface area contributed by atoms with Gasteiger partial charge in [-0.2, -0.15) is 0 Å². The van der Waals surface area contributed by atoms with Gasteiger partial charge in [-0.25, -0.2) is 4.79 Å². The Labute approximate surface area is 359 Å².